The molecule has 234 valence electrons. The summed E-state index contributed by atoms with van der Waals surface area (Å²) >= 11 is 12.8. The van der Waals surface area contributed by atoms with Crippen LogP contribution in [0.1, 0.15) is 86.2 Å². The molecule has 2 aromatic carbocycles. The fourth-order valence-electron chi connectivity index (χ4n) is 6.27. The van der Waals surface area contributed by atoms with Gasteiger partial charge in [-0.1, -0.05) is 54.4 Å². The average Bonchev–Trinajstić information content (AvgIpc) is 3.79. The minimum absolute atomic E-state index is 0.0443. The van der Waals surface area contributed by atoms with Crippen molar-refractivity contribution < 1.29 is 23.1 Å². The Labute approximate surface area is 268 Å². The fourth-order valence-corrected chi connectivity index (χ4v) is 7.97. The third-order valence-corrected chi connectivity index (χ3v) is 12.1. The summed E-state index contributed by atoms with van der Waals surface area (Å²) in [6, 6.07) is 14.0. The number of benzene rings is 2. The average molecular weight is 659 g/mol. The second kappa shape index (κ2) is 12.1. The number of hydrogen-bond donors (Lipinski definition) is 1. The van der Waals surface area contributed by atoms with Gasteiger partial charge in [0, 0.05) is 34.6 Å². The summed E-state index contributed by atoms with van der Waals surface area (Å²) in [5.74, 6) is -1.71. The van der Waals surface area contributed by atoms with Crippen LogP contribution >= 0.6 is 23.2 Å². The zero-order chi connectivity index (χ0) is 32.0. The molecule has 0 bridgehead atoms. The third kappa shape index (κ3) is 6.65. The largest absolute Gasteiger partial charge is 0.476 e. The Kier molecular flexibility index (Phi) is 8.88. The molecule has 11 heteroatoms. The molecule has 0 unspecified atom stereocenters. The Morgan fingerprint density at radius 1 is 1.05 bits per heavy atom. The van der Waals surface area contributed by atoms with Gasteiger partial charge in [-0.3, -0.25) is 9.78 Å². The van der Waals surface area contributed by atoms with E-state index in [0.29, 0.717) is 22.2 Å². The quantitative estimate of drug-likeness (QED) is 0.269. The number of carbonyl (C=O) groups is 2. The predicted octanol–water partition coefficient (Wildman–Crippen LogP) is 6.78. The molecule has 5 rings (SSSR count). The van der Waals surface area contributed by atoms with Crippen molar-refractivity contribution in [3.8, 4) is 0 Å². The Morgan fingerprint density at radius 2 is 1.73 bits per heavy atom. The fraction of sp³-hybridized carbons (Fsp3) is 0.455. The first-order chi connectivity index (χ1) is 20.6. The lowest BCUT2D eigenvalue weighted by Gasteiger charge is -2.52. The van der Waals surface area contributed by atoms with Crippen LogP contribution in [-0.4, -0.2) is 56.8 Å². The molecule has 8 nitrogen and oxygen atoms in total. The van der Waals surface area contributed by atoms with E-state index in [1.165, 1.54) is 12.4 Å². The molecule has 1 saturated carbocycles. The molecule has 1 aliphatic carbocycles. The third-order valence-electron chi connectivity index (χ3n) is 8.93. The summed E-state index contributed by atoms with van der Waals surface area (Å²) < 4.78 is 26.5. The molecule has 2 heterocycles. The van der Waals surface area contributed by atoms with E-state index in [0.717, 1.165) is 24.0 Å². The Bertz CT molecular complexity index is 1650. The standard InChI is InChI=1S/C33H37Cl2N3O5S/c1-32(2,3)44(42,43)19-28(20-8-9-20)38-29(21-10-12-23(34)13-11-21)26(22-6-5-7-24(35)14-22)16-33(4,31(38)41)15-25-17-37-27(18-36-25)30(39)40/h5-7,10-14,17-18,20,26,28-29H,8-9,15-16,19H2,1-4H3,(H,39,40)/t26-,28-,29-,33+/m1/s1. The van der Waals surface area contributed by atoms with Gasteiger partial charge in [0.15, 0.2) is 15.5 Å². The minimum atomic E-state index is -3.60. The van der Waals surface area contributed by atoms with Crippen LogP contribution in [0.3, 0.4) is 0 Å². The summed E-state index contributed by atoms with van der Waals surface area (Å²) in [5.41, 5.74) is 1.08. The number of aromatic nitrogens is 2. The first-order valence-corrected chi connectivity index (χ1v) is 17.1. The van der Waals surface area contributed by atoms with Crippen molar-refractivity contribution in [2.75, 3.05) is 5.75 Å². The maximum atomic E-state index is 15.0. The first-order valence-electron chi connectivity index (χ1n) is 14.7. The molecule has 44 heavy (non-hydrogen) atoms. The van der Waals surface area contributed by atoms with Gasteiger partial charge in [0.1, 0.15) is 0 Å². The van der Waals surface area contributed by atoms with E-state index in [-0.39, 0.29) is 35.6 Å². The monoisotopic (exact) mass is 657 g/mol. The summed E-state index contributed by atoms with van der Waals surface area (Å²) in [7, 11) is -3.60. The molecule has 1 aromatic heterocycles. The number of amides is 1. The minimum Gasteiger partial charge on any atom is -0.476 e. The van der Waals surface area contributed by atoms with E-state index in [2.05, 4.69) is 9.97 Å². The van der Waals surface area contributed by atoms with Gasteiger partial charge >= 0.3 is 5.97 Å². The van der Waals surface area contributed by atoms with Crippen molar-refractivity contribution >= 4 is 44.9 Å². The Balaban J connectivity index is 1.68. The molecule has 0 spiro atoms. The van der Waals surface area contributed by atoms with Gasteiger partial charge in [0.05, 0.1) is 33.8 Å². The van der Waals surface area contributed by atoms with Crippen LogP contribution in [0.25, 0.3) is 0 Å². The van der Waals surface area contributed by atoms with E-state index in [1.807, 2.05) is 42.2 Å². The zero-order valence-corrected chi connectivity index (χ0v) is 27.5. The van der Waals surface area contributed by atoms with Crippen molar-refractivity contribution in [2.45, 2.75) is 76.1 Å². The molecule has 2 aliphatic rings. The summed E-state index contributed by atoms with van der Waals surface area (Å²) in [6.45, 7) is 6.96. The van der Waals surface area contributed by atoms with Gasteiger partial charge in [0.2, 0.25) is 5.91 Å². The summed E-state index contributed by atoms with van der Waals surface area (Å²) in [6.07, 6.45) is 4.88. The van der Waals surface area contributed by atoms with Crippen LogP contribution in [-0.2, 0) is 21.1 Å². The highest BCUT2D eigenvalue weighted by atomic mass is 35.5. The molecule has 1 amide bonds. The molecule has 0 radical (unpaired) electrons. The van der Waals surface area contributed by atoms with Crippen molar-refractivity contribution in [3.05, 3.63) is 93.5 Å². The first kappa shape index (κ1) is 32.4. The lowest BCUT2D eigenvalue weighted by Crippen LogP contribution is -2.59. The van der Waals surface area contributed by atoms with Crippen LogP contribution in [0.5, 0.6) is 0 Å². The van der Waals surface area contributed by atoms with Crippen LogP contribution in [0.2, 0.25) is 10.0 Å². The molecule has 1 saturated heterocycles. The lowest BCUT2D eigenvalue weighted by molar-refractivity contribution is -0.154. The van der Waals surface area contributed by atoms with Gasteiger partial charge in [-0.05, 0) is 81.3 Å². The molecule has 4 atom stereocenters. The SMILES string of the molecule is CC(C)(C)S(=O)(=O)C[C@H](C1CC1)N1C(=O)[C@@](C)(Cc2cnc(C(=O)O)cn2)C[C@H](c2cccc(Cl)c2)[C@H]1c1ccc(Cl)cc1. The number of likely N-dealkylation sites (tertiary alicyclic amines) is 1. The number of carboxylic acids is 1. The highest BCUT2D eigenvalue weighted by molar-refractivity contribution is 7.92. The number of hydrogen-bond acceptors (Lipinski definition) is 6. The number of nitrogens with zero attached hydrogens (tertiary/aromatic N) is 3. The Hall–Kier alpha value is -3.01. The van der Waals surface area contributed by atoms with E-state index in [4.69, 9.17) is 23.2 Å². The molecular formula is C33H37Cl2N3O5S. The topological polar surface area (TPSA) is 118 Å². The maximum Gasteiger partial charge on any atom is 0.356 e. The number of rotatable bonds is 9. The summed E-state index contributed by atoms with van der Waals surface area (Å²) in [5, 5.41) is 10.4. The van der Waals surface area contributed by atoms with Crippen LogP contribution in [0.15, 0.2) is 60.9 Å². The number of carbonyl (C=O) groups excluding carboxylic acids is 1. The van der Waals surface area contributed by atoms with E-state index in [1.54, 1.807) is 39.0 Å². The van der Waals surface area contributed by atoms with Crippen LogP contribution < -0.4 is 0 Å². The molecule has 1 aliphatic heterocycles. The highest BCUT2D eigenvalue weighted by Gasteiger charge is 2.55. The van der Waals surface area contributed by atoms with E-state index in [9.17, 15) is 23.1 Å². The van der Waals surface area contributed by atoms with Crippen molar-refractivity contribution in [1.82, 2.24) is 14.9 Å². The van der Waals surface area contributed by atoms with E-state index < -0.39 is 38.1 Å². The molecular weight excluding hydrogens is 621 g/mol. The second-order valence-corrected chi connectivity index (χ2v) is 17.0. The van der Waals surface area contributed by atoms with Gasteiger partial charge in [-0.25, -0.2) is 18.2 Å². The van der Waals surface area contributed by atoms with Gasteiger partial charge in [0.25, 0.3) is 0 Å². The molecule has 3 aromatic rings. The molecule has 1 N–H and O–H groups in total. The maximum absolute atomic E-state index is 15.0. The van der Waals surface area contributed by atoms with Gasteiger partial charge in [-0.15, -0.1) is 0 Å². The number of carboxylic acid groups (broad SMARTS) is 1. The predicted molar refractivity (Wildman–Crippen MR) is 171 cm³/mol. The second-order valence-electron chi connectivity index (χ2n) is 13.3. The number of aromatic carboxylic acids is 1. The van der Waals surface area contributed by atoms with Gasteiger partial charge in [-0.2, -0.15) is 0 Å². The number of piperidine rings is 1. The lowest BCUT2D eigenvalue weighted by atomic mass is 9.66. The number of sulfone groups is 1. The molecule has 2 fully saturated rings. The smallest absolute Gasteiger partial charge is 0.356 e. The van der Waals surface area contributed by atoms with E-state index >= 15 is 0 Å². The normalized spacial score (nSPS) is 23.4. The highest BCUT2D eigenvalue weighted by Crippen LogP contribution is 2.54. The number of halogens is 2. The van der Waals surface area contributed by atoms with Crippen molar-refractivity contribution in [2.24, 2.45) is 11.3 Å². The Morgan fingerprint density at radius 3 is 2.27 bits per heavy atom. The van der Waals surface area contributed by atoms with Crippen LogP contribution in [0, 0.1) is 11.3 Å². The van der Waals surface area contributed by atoms with Crippen molar-refractivity contribution in [3.63, 3.8) is 0 Å². The van der Waals surface area contributed by atoms with Gasteiger partial charge < -0.3 is 10.0 Å². The summed E-state index contributed by atoms with van der Waals surface area (Å²) in [4.78, 5) is 36.6. The van der Waals surface area contributed by atoms with Crippen LogP contribution in [0.4, 0.5) is 0 Å². The zero-order valence-electron chi connectivity index (χ0n) is 25.2. The van der Waals surface area contributed by atoms with Crippen molar-refractivity contribution in [1.29, 1.82) is 0 Å².